The lowest BCUT2D eigenvalue weighted by Gasteiger charge is -2.30. The Bertz CT molecular complexity index is 654. The lowest BCUT2D eigenvalue weighted by Crippen LogP contribution is -2.38. The summed E-state index contributed by atoms with van der Waals surface area (Å²) in [5.74, 6) is 0.204. The predicted molar refractivity (Wildman–Crippen MR) is 93.8 cm³/mol. The number of Topliss-reactive ketones (excluding diaryl/α,β-unsaturated/α-hetero) is 1. The van der Waals surface area contributed by atoms with Gasteiger partial charge in [-0.2, -0.15) is 0 Å². The molecule has 2 amide bonds. The highest BCUT2D eigenvalue weighted by molar-refractivity contribution is 6.06. The number of nitrogens with zero attached hydrogens (tertiary/aromatic N) is 1. The molecule has 0 atom stereocenters. The first-order valence-corrected chi connectivity index (χ1v) is 8.26. The number of hydrogen-bond donors (Lipinski definition) is 1. The van der Waals surface area contributed by atoms with Gasteiger partial charge < -0.3 is 10.2 Å². The Labute approximate surface area is 142 Å². The lowest BCUT2D eigenvalue weighted by molar-refractivity contribution is -0.128. The number of rotatable bonds is 4. The molecule has 5 heteroatoms. The monoisotopic (exact) mass is 328 g/mol. The van der Waals surface area contributed by atoms with Crippen LogP contribution in [0.3, 0.4) is 0 Å². The van der Waals surface area contributed by atoms with Crippen molar-refractivity contribution < 1.29 is 14.4 Å². The van der Waals surface area contributed by atoms with Crippen molar-refractivity contribution in [2.24, 2.45) is 5.92 Å². The highest BCUT2D eigenvalue weighted by atomic mass is 16.2. The second kappa shape index (κ2) is 7.90. The van der Waals surface area contributed by atoms with Crippen molar-refractivity contribution in [2.75, 3.05) is 18.4 Å². The SMILES string of the molecule is CC(=O)c1ccc(NC(=O)/C=C(/C)C(=O)N2CCC(C)CC2)cc1. The number of hydrogen-bond acceptors (Lipinski definition) is 3. The Kier molecular flexibility index (Phi) is 5.90. The highest BCUT2D eigenvalue weighted by Crippen LogP contribution is 2.18. The van der Waals surface area contributed by atoms with E-state index in [1.165, 1.54) is 13.0 Å². The third-order valence-electron chi connectivity index (χ3n) is 4.31. The van der Waals surface area contributed by atoms with E-state index < -0.39 is 0 Å². The standard InChI is InChI=1S/C19H24N2O3/c1-13-8-10-21(11-9-13)19(24)14(2)12-18(23)20-17-6-4-16(5-7-17)15(3)22/h4-7,12-13H,8-11H2,1-3H3,(H,20,23)/b14-12-. The molecule has 1 heterocycles. The summed E-state index contributed by atoms with van der Waals surface area (Å²) in [6, 6.07) is 6.67. The van der Waals surface area contributed by atoms with Gasteiger partial charge in [0.15, 0.2) is 5.78 Å². The van der Waals surface area contributed by atoms with E-state index in [0.29, 0.717) is 22.7 Å². The van der Waals surface area contributed by atoms with Crippen LogP contribution in [0.1, 0.15) is 44.0 Å². The molecule has 24 heavy (non-hydrogen) atoms. The van der Waals surface area contributed by atoms with E-state index in [-0.39, 0.29) is 17.6 Å². The third kappa shape index (κ3) is 4.78. The van der Waals surface area contributed by atoms with E-state index in [0.717, 1.165) is 25.9 Å². The molecule has 0 unspecified atom stereocenters. The molecule has 0 aliphatic carbocycles. The van der Waals surface area contributed by atoms with Gasteiger partial charge in [-0.1, -0.05) is 6.92 Å². The smallest absolute Gasteiger partial charge is 0.249 e. The zero-order chi connectivity index (χ0) is 17.7. The Morgan fingerprint density at radius 2 is 1.67 bits per heavy atom. The molecule has 1 aliphatic heterocycles. The van der Waals surface area contributed by atoms with Gasteiger partial charge in [-0.3, -0.25) is 14.4 Å². The number of amides is 2. The first-order chi connectivity index (χ1) is 11.4. The number of ketones is 1. The van der Waals surface area contributed by atoms with Crippen LogP contribution in [0.5, 0.6) is 0 Å². The maximum Gasteiger partial charge on any atom is 0.249 e. The Morgan fingerprint density at radius 1 is 1.08 bits per heavy atom. The summed E-state index contributed by atoms with van der Waals surface area (Å²) in [6.07, 6.45) is 3.35. The number of nitrogens with one attached hydrogen (secondary N) is 1. The molecule has 2 rings (SSSR count). The summed E-state index contributed by atoms with van der Waals surface area (Å²) in [5.41, 5.74) is 1.62. The minimum atomic E-state index is -0.346. The normalized spacial score (nSPS) is 16.0. The molecule has 1 N–H and O–H groups in total. The van der Waals surface area contributed by atoms with Gasteiger partial charge in [0.1, 0.15) is 0 Å². The van der Waals surface area contributed by atoms with E-state index in [9.17, 15) is 14.4 Å². The molecule has 0 saturated carbocycles. The van der Waals surface area contributed by atoms with Crippen LogP contribution < -0.4 is 5.32 Å². The summed E-state index contributed by atoms with van der Waals surface area (Å²) >= 11 is 0. The van der Waals surface area contributed by atoms with Crippen LogP contribution >= 0.6 is 0 Å². The number of likely N-dealkylation sites (tertiary alicyclic amines) is 1. The fourth-order valence-corrected chi connectivity index (χ4v) is 2.69. The molecule has 0 spiro atoms. The zero-order valence-corrected chi connectivity index (χ0v) is 14.5. The van der Waals surface area contributed by atoms with Crippen molar-refractivity contribution in [3.63, 3.8) is 0 Å². The maximum atomic E-state index is 12.4. The number of carbonyl (C=O) groups is 3. The molecule has 1 saturated heterocycles. The van der Waals surface area contributed by atoms with Gasteiger partial charge in [-0.15, -0.1) is 0 Å². The first kappa shape index (κ1) is 17.9. The molecule has 1 fully saturated rings. The fourth-order valence-electron chi connectivity index (χ4n) is 2.69. The van der Waals surface area contributed by atoms with Crippen LogP contribution in [0, 0.1) is 5.92 Å². The quantitative estimate of drug-likeness (QED) is 0.682. The van der Waals surface area contributed by atoms with Gasteiger partial charge in [0.05, 0.1) is 0 Å². The Morgan fingerprint density at radius 3 is 2.21 bits per heavy atom. The number of piperidine rings is 1. The van der Waals surface area contributed by atoms with E-state index in [2.05, 4.69) is 12.2 Å². The van der Waals surface area contributed by atoms with Crippen molar-refractivity contribution in [1.29, 1.82) is 0 Å². The molecule has 1 aliphatic rings. The lowest BCUT2D eigenvalue weighted by atomic mass is 9.99. The minimum absolute atomic E-state index is 0.0231. The second-order valence-electron chi connectivity index (χ2n) is 6.42. The molecule has 0 radical (unpaired) electrons. The van der Waals surface area contributed by atoms with Crippen molar-refractivity contribution in [3.05, 3.63) is 41.5 Å². The van der Waals surface area contributed by atoms with Crippen molar-refractivity contribution >= 4 is 23.3 Å². The molecule has 1 aromatic rings. The molecule has 128 valence electrons. The van der Waals surface area contributed by atoms with Crippen LogP contribution in [0.25, 0.3) is 0 Å². The van der Waals surface area contributed by atoms with Crippen LogP contribution in [0.4, 0.5) is 5.69 Å². The summed E-state index contributed by atoms with van der Waals surface area (Å²) in [5, 5.41) is 2.71. The van der Waals surface area contributed by atoms with Gasteiger partial charge in [0.2, 0.25) is 11.8 Å². The fraction of sp³-hybridized carbons (Fsp3) is 0.421. The summed E-state index contributed by atoms with van der Waals surface area (Å²) in [4.78, 5) is 37.4. The average Bonchev–Trinajstić information content (AvgIpc) is 2.55. The summed E-state index contributed by atoms with van der Waals surface area (Å²) in [7, 11) is 0. The number of anilines is 1. The van der Waals surface area contributed by atoms with Crippen LogP contribution in [0.15, 0.2) is 35.9 Å². The van der Waals surface area contributed by atoms with Crippen molar-refractivity contribution in [3.8, 4) is 0 Å². The van der Waals surface area contributed by atoms with Gasteiger partial charge in [-0.05, 0) is 56.9 Å². The summed E-state index contributed by atoms with van der Waals surface area (Å²) in [6.45, 7) is 6.85. The largest absolute Gasteiger partial charge is 0.339 e. The van der Waals surface area contributed by atoms with Crippen LogP contribution in [-0.4, -0.2) is 35.6 Å². The van der Waals surface area contributed by atoms with Gasteiger partial charge >= 0.3 is 0 Å². The van der Waals surface area contributed by atoms with E-state index in [4.69, 9.17) is 0 Å². The molecular weight excluding hydrogens is 304 g/mol. The minimum Gasteiger partial charge on any atom is -0.339 e. The zero-order valence-electron chi connectivity index (χ0n) is 14.5. The Balaban J connectivity index is 1.95. The molecule has 5 nitrogen and oxygen atoms in total. The first-order valence-electron chi connectivity index (χ1n) is 8.26. The van der Waals surface area contributed by atoms with Crippen molar-refractivity contribution in [1.82, 2.24) is 4.90 Å². The van der Waals surface area contributed by atoms with Gasteiger partial charge in [0.25, 0.3) is 0 Å². The second-order valence-corrected chi connectivity index (χ2v) is 6.42. The van der Waals surface area contributed by atoms with Gasteiger partial charge in [0, 0.05) is 36.0 Å². The van der Waals surface area contributed by atoms with E-state index in [1.54, 1.807) is 36.1 Å². The Hall–Kier alpha value is -2.43. The molecule has 1 aromatic carbocycles. The maximum absolute atomic E-state index is 12.4. The molecule has 0 bridgehead atoms. The highest BCUT2D eigenvalue weighted by Gasteiger charge is 2.21. The topological polar surface area (TPSA) is 66.5 Å². The molecule has 0 aromatic heterocycles. The van der Waals surface area contributed by atoms with Crippen molar-refractivity contribution in [2.45, 2.75) is 33.6 Å². The number of carbonyl (C=O) groups excluding carboxylic acids is 3. The van der Waals surface area contributed by atoms with Crippen LogP contribution in [0.2, 0.25) is 0 Å². The predicted octanol–water partition coefficient (Wildman–Crippen LogP) is 3.03. The third-order valence-corrected chi connectivity index (χ3v) is 4.31. The van der Waals surface area contributed by atoms with E-state index >= 15 is 0 Å². The number of benzene rings is 1. The van der Waals surface area contributed by atoms with Crippen LogP contribution in [-0.2, 0) is 9.59 Å². The average molecular weight is 328 g/mol. The molecular formula is C19H24N2O3. The van der Waals surface area contributed by atoms with E-state index in [1.807, 2.05) is 0 Å². The summed E-state index contributed by atoms with van der Waals surface area (Å²) < 4.78 is 0. The van der Waals surface area contributed by atoms with Gasteiger partial charge in [-0.25, -0.2) is 0 Å².